The Bertz CT molecular complexity index is 127. The lowest BCUT2D eigenvalue weighted by Crippen LogP contribution is -2.12. The highest BCUT2D eigenvalue weighted by Gasteiger charge is 1.95. The summed E-state index contributed by atoms with van der Waals surface area (Å²) in [6.07, 6.45) is 0.270. The molecular weight excluding hydrogens is 162 g/mol. The maximum atomic E-state index is 5.32. The summed E-state index contributed by atoms with van der Waals surface area (Å²) in [5, 5.41) is 3.71. The lowest BCUT2D eigenvalue weighted by Gasteiger charge is -2.05. The van der Waals surface area contributed by atoms with Gasteiger partial charge >= 0.3 is 0 Å². The molecule has 4 nitrogen and oxygen atoms in total. The molecule has 0 aliphatic carbocycles. The van der Waals surface area contributed by atoms with E-state index in [1.54, 1.807) is 0 Å². The second kappa shape index (κ2) is 6.30. The Hall–Kier alpha value is -0.420. The van der Waals surface area contributed by atoms with Crippen LogP contribution in [0.15, 0.2) is 5.10 Å². The van der Waals surface area contributed by atoms with E-state index in [0.717, 1.165) is 5.75 Å². The zero-order valence-electron chi connectivity index (χ0n) is 6.91. The minimum absolute atomic E-state index is 0.270. The maximum absolute atomic E-state index is 5.32. The van der Waals surface area contributed by atoms with E-state index in [0.29, 0.717) is 11.8 Å². The first-order valence-corrected chi connectivity index (χ1v) is 4.43. The Morgan fingerprint density at radius 3 is 2.73 bits per heavy atom. The number of thioether (sulfide) groups is 1. The Morgan fingerprint density at radius 2 is 2.27 bits per heavy atom. The van der Waals surface area contributed by atoms with Crippen LogP contribution >= 0.6 is 11.8 Å². The quantitative estimate of drug-likeness (QED) is 0.213. The van der Waals surface area contributed by atoms with Gasteiger partial charge in [0, 0.05) is 5.75 Å². The molecule has 0 unspecified atom stereocenters. The Labute approximate surface area is 71.3 Å². The molecule has 5 heteroatoms. The Kier molecular flexibility index (Phi) is 6.06. The molecule has 0 rings (SSSR count). The van der Waals surface area contributed by atoms with E-state index in [1.165, 1.54) is 11.8 Å². The number of amidine groups is 1. The van der Waals surface area contributed by atoms with Gasteiger partial charge in [-0.1, -0.05) is 11.8 Å². The smallest absolute Gasteiger partial charge is 0.177 e. The topological polar surface area (TPSA) is 73.6 Å². The third kappa shape index (κ3) is 7.48. The summed E-state index contributed by atoms with van der Waals surface area (Å²) in [5.74, 6) is 5.71. The fourth-order valence-electron chi connectivity index (χ4n) is 0.467. The van der Waals surface area contributed by atoms with Crippen molar-refractivity contribution >= 4 is 16.9 Å². The Balaban J connectivity index is 3.15. The van der Waals surface area contributed by atoms with Crippen LogP contribution in [0.25, 0.3) is 0 Å². The second-order valence-corrected chi connectivity index (χ2v) is 3.35. The molecule has 0 aromatic heterocycles. The van der Waals surface area contributed by atoms with Crippen molar-refractivity contribution in [3.05, 3.63) is 0 Å². The van der Waals surface area contributed by atoms with E-state index in [-0.39, 0.29) is 6.10 Å². The summed E-state index contributed by atoms with van der Waals surface area (Å²) in [6, 6.07) is 0. The third-order valence-electron chi connectivity index (χ3n) is 0.912. The molecule has 4 N–H and O–H groups in total. The summed E-state index contributed by atoms with van der Waals surface area (Å²) >= 11 is 1.40. The third-order valence-corrected chi connectivity index (χ3v) is 1.68. The average Bonchev–Trinajstić information content (AvgIpc) is 1.97. The van der Waals surface area contributed by atoms with Gasteiger partial charge in [-0.15, -0.1) is 0 Å². The monoisotopic (exact) mass is 177 g/mol. The zero-order valence-corrected chi connectivity index (χ0v) is 7.73. The van der Waals surface area contributed by atoms with Crippen molar-refractivity contribution in [1.29, 1.82) is 0 Å². The fraction of sp³-hybridized carbons (Fsp3) is 0.833. The van der Waals surface area contributed by atoms with Gasteiger partial charge in [0.05, 0.1) is 12.7 Å². The van der Waals surface area contributed by atoms with Crippen molar-refractivity contribution in [1.82, 2.24) is 0 Å². The predicted octanol–water partition coefficient (Wildman–Crippen LogP) is 0.333. The molecule has 11 heavy (non-hydrogen) atoms. The lowest BCUT2D eigenvalue weighted by molar-refractivity contribution is 0.0921. The van der Waals surface area contributed by atoms with Crippen LogP contribution in [0.1, 0.15) is 13.8 Å². The van der Waals surface area contributed by atoms with Crippen LogP contribution in [0.4, 0.5) is 0 Å². The molecule has 0 saturated heterocycles. The average molecular weight is 177 g/mol. The van der Waals surface area contributed by atoms with E-state index >= 15 is 0 Å². The molecule has 0 bridgehead atoms. The van der Waals surface area contributed by atoms with Crippen molar-refractivity contribution in [2.24, 2.45) is 16.7 Å². The number of rotatable bonds is 4. The molecule has 0 atom stereocenters. The van der Waals surface area contributed by atoms with Crippen molar-refractivity contribution in [3.63, 3.8) is 0 Å². The van der Waals surface area contributed by atoms with Gasteiger partial charge in [-0.25, -0.2) is 0 Å². The van der Waals surface area contributed by atoms with Gasteiger partial charge in [0.2, 0.25) is 0 Å². The van der Waals surface area contributed by atoms with Gasteiger partial charge in [0.25, 0.3) is 0 Å². The highest BCUT2D eigenvalue weighted by atomic mass is 32.2. The first-order valence-electron chi connectivity index (χ1n) is 3.44. The van der Waals surface area contributed by atoms with Gasteiger partial charge in [-0.3, -0.25) is 0 Å². The number of nitrogens with two attached hydrogens (primary N) is 2. The molecular formula is C6H15N3OS. The van der Waals surface area contributed by atoms with Crippen molar-refractivity contribution in [3.8, 4) is 0 Å². The van der Waals surface area contributed by atoms with E-state index in [9.17, 15) is 0 Å². The minimum atomic E-state index is 0.270. The van der Waals surface area contributed by atoms with E-state index in [4.69, 9.17) is 16.3 Å². The summed E-state index contributed by atoms with van der Waals surface area (Å²) in [4.78, 5) is 0. The van der Waals surface area contributed by atoms with E-state index in [1.807, 2.05) is 13.8 Å². The van der Waals surface area contributed by atoms with Gasteiger partial charge in [0.15, 0.2) is 5.17 Å². The second-order valence-electron chi connectivity index (χ2n) is 2.24. The molecule has 0 radical (unpaired) electrons. The summed E-state index contributed by atoms with van der Waals surface area (Å²) in [6.45, 7) is 4.66. The van der Waals surface area contributed by atoms with Crippen LogP contribution in [0, 0.1) is 0 Å². The van der Waals surface area contributed by atoms with Crippen LogP contribution < -0.4 is 11.6 Å². The predicted molar refractivity (Wildman–Crippen MR) is 49.4 cm³/mol. The van der Waals surface area contributed by atoms with E-state index < -0.39 is 0 Å². The van der Waals surface area contributed by atoms with Crippen LogP contribution in [0.2, 0.25) is 0 Å². The first-order chi connectivity index (χ1) is 5.16. The maximum Gasteiger partial charge on any atom is 0.177 e. The van der Waals surface area contributed by atoms with Crippen LogP contribution in [0.5, 0.6) is 0 Å². The molecule has 0 aromatic carbocycles. The number of hydrogen-bond acceptors (Lipinski definition) is 4. The number of hydrazone groups is 1. The standard InChI is InChI=1S/C6H15N3OS/c1-5(2)10-3-4-11-6(7)9-8/h5H,3-4,8H2,1-2H3,(H2,7,9). The van der Waals surface area contributed by atoms with Crippen LogP contribution in [-0.2, 0) is 4.74 Å². The van der Waals surface area contributed by atoms with Gasteiger partial charge in [-0.05, 0) is 13.8 Å². The number of hydrogen-bond donors (Lipinski definition) is 2. The molecule has 0 heterocycles. The minimum Gasteiger partial charge on any atom is -0.378 e. The zero-order chi connectivity index (χ0) is 8.69. The normalized spacial score (nSPS) is 12.5. The molecule has 0 fully saturated rings. The Morgan fingerprint density at radius 1 is 1.64 bits per heavy atom. The van der Waals surface area contributed by atoms with Gasteiger partial charge in [-0.2, -0.15) is 5.10 Å². The van der Waals surface area contributed by atoms with Gasteiger partial charge in [0.1, 0.15) is 0 Å². The van der Waals surface area contributed by atoms with Crippen LogP contribution in [0.3, 0.4) is 0 Å². The summed E-state index contributed by atoms with van der Waals surface area (Å²) in [5.41, 5.74) is 5.32. The fourth-order valence-corrected chi connectivity index (χ4v) is 0.931. The summed E-state index contributed by atoms with van der Waals surface area (Å²) in [7, 11) is 0. The largest absolute Gasteiger partial charge is 0.378 e. The molecule has 0 aliphatic heterocycles. The van der Waals surface area contributed by atoms with Gasteiger partial charge < -0.3 is 16.3 Å². The molecule has 0 aromatic rings. The molecule has 0 saturated carbocycles. The van der Waals surface area contributed by atoms with Crippen molar-refractivity contribution in [2.75, 3.05) is 12.4 Å². The number of ether oxygens (including phenoxy) is 1. The molecule has 0 aliphatic rings. The van der Waals surface area contributed by atoms with Crippen molar-refractivity contribution < 1.29 is 4.74 Å². The molecule has 0 amide bonds. The SMILES string of the molecule is CC(C)OCCSC(N)=NN. The summed E-state index contributed by atoms with van der Waals surface area (Å²) < 4.78 is 5.26. The highest BCUT2D eigenvalue weighted by molar-refractivity contribution is 8.13. The molecule has 0 spiro atoms. The molecule has 66 valence electrons. The van der Waals surface area contributed by atoms with Crippen molar-refractivity contribution in [2.45, 2.75) is 20.0 Å². The van der Waals surface area contributed by atoms with E-state index in [2.05, 4.69) is 5.10 Å². The number of nitrogens with zero attached hydrogens (tertiary/aromatic N) is 1. The highest BCUT2D eigenvalue weighted by Crippen LogP contribution is 1.99. The van der Waals surface area contributed by atoms with Crippen LogP contribution in [-0.4, -0.2) is 23.6 Å². The lowest BCUT2D eigenvalue weighted by atomic mass is 10.5. The first kappa shape index (κ1) is 10.6.